The van der Waals surface area contributed by atoms with Gasteiger partial charge in [0.25, 0.3) is 0 Å². The normalized spacial score (nSPS) is 13.8. The monoisotopic (exact) mass is 558 g/mol. The van der Waals surface area contributed by atoms with E-state index in [-0.39, 0.29) is 0 Å². The van der Waals surface area contributed by atoms with Crippen LogP contribution in [0.1, 0.15) is 19.4 Å². The lowest BCUT2D eigenvalue weighted by Crippen LogP contribution is -2.22. The molecule has 6 rings (SSSR count). The Morgan fingerprint density at radius 1 is 0.814 bits per heavy atom. The van der Waals surface area contributed by atoms with Crippen molar-refractivity contribution >= 4 is 51.4 Å². The fraction of sp³-hybridized carbons (Fsp3) is 0.0769. The van der Waals surface area contributed by atoms with Crippen molar-refractivity contribution in [1.82, 2.24) is 4.57 Å². The van der Waals surface area contributed by atoms with Crippen LogP contribution < -0.4 is 4.90 Å². The molecule has 0 fully saturated rings. The lowest BCUT2D eigenvalue weighted by atomic mass is 9.90. The van der Waals surface area contributed by atoms with Gasteiger partial charge in [0, 0.05) is 28.6 Å². The van der Waals surface area contributed by atoms with Gasteiger partial charge in [-0.1, -0.05) is 98.1 Å². The fourth-order valence-electron chi connectivity index (χ4n) is 6.16. The van der Waals surface area contributed by atoms with E-state index in [2.05, 4.69) is 107 Å². The van der Waals surface area contributed by atoms with Gasteiger partial charge in [-0.05, 0) is 73.7 Å². The summed E-state index contributed by atoms with van der Waals surface area (Å²) >= 11 is 0. The maximum absolute atomic E-state index is 5.15. The first-order valence-corrected chi connectivity index (χ1v) is 14.5. The zero-order valence-electron chi connectivity index (χ0n) is 24.7. The lowest BCUT2D eigenvalue weighted by Gasteiger charge is -2.34. The van der Waals surface area contributed by atoms with Crippen LogP contribution in [0.5, 0.6) is 0 Å². The molecule has 0 saturated heterocycles. The van der Waals surface area contributed by atoms with Crippen molar-refractivity contribution in [3.8, 4) is 11.1 Å². The van der Waals surface area contributed by atoms with Gasteiger partial charge < -0.3 is 4.90 Å². The summed E-state index contributed by atoms with van der Waals surface area (Å²) in [4.78, 5) is 11.9. The van der Waals surface area contributed by atoms with E-state index in [1.807, 2.05) is 56.4 Å². The molecular weight excluding hydrogens is 524 g/mol. The molecule has 0 bridgehead atoms. The Hall–Kier alpha value is -5.48. The molecule has 0 aliphatic carbocycles. The Bertz CT molecular complexity index is 2030. The van der Waals surface area contributed by atoms with Crippen LogP contribution in [-0.4, -0.2) is 17.1 Å². The van der Waals surface area contributed by atoms with E-state index in [0.717, 1.165) is 45.2 Å². The molecule has 2 heterocycles. The van der Waals surface area contributed by atoms with E-state index in [4.69, 9.17) is 4.99 Å². The predicted molar refractivity (Wildman–Crippen MR) is 186 cm³/mol. The number of hydrogen-bond acceptors (Lipinski definition) is 3. The molecule has 1 aliphatic heterocycles. The van der Waals surface area contributed by atoms with E-state index in [1.54, 1.807) is 6.08 Å². The smallest absolute Gasteiger partial charge is 0.137 e. The molecule has 0 amide bonds. The SMILES string of the molecule is C=C/C=C(\C=C/C)C(=C/C)/N=C(C=C)n1c2ccccc2c2c3c(ccc21)-c1ccccc1N(c1ccccc1N=C)C3. The number of hydrogen-bond donors (Lipinski definition) is 0. The van der Waals surface area contributed by atoms with E-state index in [9.17, 15) is 0 Å². The van der Waals surface area contributed by atoms with Crippen LogP contribution in [0, 0.1) is 0 Å². The molecule has 4 aromatic carbocycles. The van der Waals surface area contributed by atoms with Gasteiger partial charge in [-0.3, -0.25) is 9.56 Å². The minimum Gasteiger partial charge on any atom is -0.335 e. The van der Waals surface area contributed by atoms with Crippen LogP contribution >= 0.6 is 0 Å². The molecule has 1 aromatic heterocycles. The van der Waals surface area contributed by atoms with Crippen molar-refractivity contribution in [3.63, 3.8) is 0 Å². The van der Waals surface area contributed by atoms with Gasteiger partial charge in [0.2, 0.25) is 0 Å². The summed E-state index contributed by atoms with van der Waals surface area (Å²) in [6.07, 6.45) is 11.7. The van der Waals surface area contributed by atoms with Crippen LogP contribution in [0.3, 0.4) is 0 Å². The summed E-state index contributed by atoms with van der Waals surface area (Å²) in [6, 6.07) is 29.8. The van der Waals surface area contributed by atoms with Crippen LogP contribution in [0.25, 0.3) is 32.9 Å². The van der Waals surface area contributed by atoms with Gasteiger partial charge in [0.15, 0.2) is 0 Å². The van der Waals surface area contributed by atoms with Crippen molar-refractivity contribution in [1.29, 1.82) is 0 Å². The van der Waals surface area contributed by atoms with Gasteiger partial charge >= 0.3 is 0 Å². The molecule has 0 spiro atoms. The van der Waals surface area contributed by atoms with Crippen molar-refractivity contribution < 1.29 is 0 Å². The Morgan fingerprint density at radius 3 is 2.30 bits per heavy atom. The number of allylic oxidation sites excluding steroid dienone is 6. The van der Waals surface area contributed by atoms with E-state index < -0.39 is 0 Å². The zero-order chi connectivity index (χ0) is 29.9. The van der Waals surface area contributed by atoms with Crippen LogP contribution in [-0.2, 0) is 6.54 Å². The van der Waals surface area contributed by atoms with Crippen molar-refractivity contribution in [2.75, 3.05) is 4.90 Å². The molecule has 210 valence electrons. The number of aromatic nitrogens is 1. The Morgan fingerprint density at radius 2 is 1.56 bits per heavy atom. The highest BCUT2D eigenvalue weighted by Crippen LogP contribution is 2.48. The fourth-order valence-corrected chi connectivity index (χ4v) is 6.16. The maximum atomic E-state index is 5.15. The van der Waals surface area contributed by atoms with E-state index in [1.165, 1.54) is 27.5 Å². The molecular formula is C39H34N4. The van der Waals surface area contributed by atoms with E-state index >= 15 is 0 Å². The summed E-state index contributed by atoms with van der Waals surface area (Å²) in [7, 11) is 0. The summed E-state index contributed by atoms with van der Waals surface area (Å²) in [5.74, 6) is 0.757. The number of anilines is 2. The van der Waals surface area contributed by atoms with E-state index in [0.29, 0.717) is 6.54 Å². The largest absolute Gasteiger partial charge is 0.335 e. The first-order chi connectivity index (χ1) is 21.1. The highest BCUT2D eigenvalue weighted by Gasteiger charge is 2.28. The standard InChI is InChI=1S/C39H34N4/c1-6-16-27(17-7-2)32(8-3)41-38(9-4)43-35-22-14-11-19-30(35)39-31-26-42(36-23-15-12-20-33(36)40-5)34-21-13-10-18-29(34)28(31)24-25-37(39)43/h6-25H,1,4-5,26H2,2-3H3/b17-7-,27-16+,32-8-,41-38?. The average Bonchev–Trinajstić information content (AvgIpc) is 3.39. The third-order valence-corrected chi connectivity index (χ3v) is 7.95. The van der Waals surface area contributed by atoms with Crippen molar-refractivity contribution in [2.24, 2.45) is 9.98 Å². The second-order valence-corrected chi connectivity index (χ2v) is 10.3. The molecule has 5 aromatic rings. The highest BCUT2D eigenvalue weighted by molar-refractivity contribution is 6.19. The molecule has 0 atom stereocenters. The zero-order valence-corrected chi connectivity index (χ0v) is 24.7. The van der Waals surface area contributed by atoms with Crippen molar-refractivity contribution in [3.05, 3.63) is 151 Å². The average molecular weight is 559 g/mol. The number of rotatable bonds is 7. The number of fused-ring (bicyclic) bond motifs is 7. The second-order valence-electron chi connectivity index (χ2n) is 10.3. The lowest BCUT2D eigenvalue weighted by molar-refractivity contribution is 0.970. The van der Waals surface area contributed by atoms with Gasteiger partial charge in [-0.15, -0.1) is 0 Å². The molecule has 0 radical (unpaired) electrons. The highest BCUT2D eigenvalue weighted by atomic mass is 15.2. The topological polar surface area (TPSA) is 32.9 Å². The molecule has 4 heteroatoms. The van der Waals surface area contributed by atoms with Gasteiger partial charge in [0.05, 0.1) is 28.1 Å². The first kappa shape index (κ1) is 27.7. The minimum absolute atomic E-state index is 0.693. The predicted octanol–water partition coefficient (Wildman–Crippen LogP) is 10.5. The third kappa shape index (κ3) is 4.67. The Labute approximate surface area is 253 Å². The third-order valence-electron chi connectivity index (χ3n) is 7.95. The number of para-hydroxylation sites is 4. The molecule has 0 N–H and O–H groups in total. The molecule has 0 unspecified atom stereocenters. The molecule has 0 saturated carbocycles. The number of benzene rings is 4. The number of nitrogens with zero attached hydrogens (tertiary/aromatic N) is 4. The minimum atomic E-state index is 0.693. The second kappa shape index (κ2) is 11.8. The summed E-state index contributed by atoms with van der Waals surface area (Å²) in [5, 5.41) is 2.39. The first-order valence-electron chi connectivity index (χ1n) is 14.5. The van der Waals surface area contributed by atoms with Crippen LogP contribution in [0.2, 0.25) is 0 Å². The quantitative estimate of drug-likeness (QED) is 0.111. The number of aliphatic imine (C=N–C) groups is 2. The molecule has 1 aliphatic rings. The Kier molecular flexibility index (Phi) is 7.59. The maximum Gasteiger partial charge on any atom is 0.137 e. The van der Waals surface area contributed by atoms with Crippen molar-refractivity contribution in [2.45, 2.75) is 20.4 Å². The van der Waals surface area contributed by atoms with Crippen LogP contribution in [0.4, 0.5) is 17.1 Å². The van der Waals surface area contributed by atoms with Crippen LogP contribution in [0.15, 0.2) is 156 Å². The summed E-state index contributed by atoms with van der Waals surface area (Å²) in [5.41, 5.74) is 10.8. The molecule has 4 nitrogen and oxygen atoms in total. The molecule has 43 heavy (non-hydrogen) atoms. The van der Waals surface area contributed by atoms with Gasteiger partial charge in [-0.2, -0.15) is 0 Å². The summed E-state index contributed by atoms with van der Waals surface area (Å²) < 4.78 is 2.23. The van der Waals surface area contributed by atoms with Gasteiger partial charge in [-0.25, -0.2) is 4.99 Å². The summed E-state index contributed by atoms with van der Waals surface area (Å²) in [6.45, 7) is 16.7. The Balaban J connectivity index is 1.64. The van der Waals surface area contributed by atoms with Gasteiger partial charge in [0.1, 0.15) is 5.84 Å².